The zero-order valence-corrected chi connectivity index (χ0v) is 14.3. The van der Waals surface area contributed by atoms with Crippen molar-refractivity contribution in [2.24, 2.45) is 0 Å². The van der Waals surface area contributed by atoms with Crippen molar-refractivity contribution >= 4 is 27.3 Å². The summed E-state index contributed by atoms with van der Waals surface area (Å²) >= 11 is 5.84. The number of carbonyl (C=O) groups is 1. The van der Waals surface area contributed by atoms with Gasteiger partial charge in [0, 0.05) is 11.1 Å². The molecule has 22 heavy (non-hydrogen) atoms. The lowest BCUT2D eigenvalue weighted by atomic mass is 10.0. The Morgan fingerprint density at radius 3 is 2.55 bits per heavy atom. The third-order valence-electron chi connectivity index (χ3n) is 3.88. The van der Waals surface area contributed by atoms with Crippen LogP contribution in [0.3, 0.4) is 0 Å². The molecule has 1 saturated heterocycles. The topological polar surface area (TPSA) is 75.3 Å². The Morgan fingerprint density at radius 1 is 1.36 bits per heavy atom. The first-order valence-corrected chi connectivity index (χ1v) is 9.39. The normalized spacial score (nSPS) is 24.9. The molecule has 0 unspecified atom stereocenters. The molecule has 0 aliphatic carbocycles. The second-order valence-electron chi connectivity index (χ2n) is 6.11. The van der Waals surface area contributed by atoms with Crippen molar-refractivity contribution in [2.75, 3.05) is 18.1 Å². The van der Waals surface area contributed by atoms with Gasteiger partial charge in [0.25, 0.3) is 0 Å². The Hall–Kier alpha value is -1.11. The lowest BCUT2D eigenvalue weighted by molar-refractivity contribution is -0.121. The summed E-state index contributed by atoms with van der Waals surface area (Å²) in [7, 11) is -3.03. The van der Waals surface area contributed by atoms with Crippen molar-refractivity contribution in [3.63, 3.8) is 0 Å². The second-order valence-corrected chi connectivity index (χ2v) is 8.73. The highest BCUT2D eigenvalue weighted by Gasteiger charge is 2.39. The number of sulfone groups is 1. The van der Waals surface area contributed by atoms with Gasteiger partial charge in [-0.15, -0.1) is 0 Å². The highest BCUT2D eigenvalue weighted by Crippen LogP contribution is 2.22. The molecule has 2 rings (SSSR count). The zero-order valence-electron chi connectivity index (χ0n) is 12.7. The Labute approximate surface area is 136 Å². The van der Waals surface area contributed by atoms with Gasteiger partial charge >= 0.3 is 0 Å². The quantitative estimate of drug-likeness (QED) is 0.852. The number of hydrogen-bond acceptors (Lipinski definition) is 4. The summed E-state index contributed by atoms with van der Waals surface area (Å²) in [4.78, 5) is 12.0. The van der Waals surface area contributed by atoms with Crippen LogP contribution in [0.15, 0.2) is 24.3 Å². The van der Waals surface area contributed by atoms with E-state index in [2.05, 4.69) is 10.6 Å². The maximum atomic E-state index is 12.0. The van der Waals surface area contributed by atoms with Crippen molar-refractivity contribution in [1.82, 2.24) is 10.6 Å². The minimum atomic E-state index is -3.03. The summed E-state index contributed by atoms with van der Waals surface area (Å²) < 4.78 is 23.1. The van der Waals surface area contributed by atoms with Crippen molar-refractivity contribution < 1.29 is 13.2 Å². The van der Waals surface area contributed by atoms with Crippen LogP contribution in [0.4, 0.5) is 0 Å². The third kappa shape index (κ3) is 4.69. The van der Waals surface area contributed by atoms with Crippen LogP contribution in [0, 0.1) is 0 Å². The van der Waals surface area contributed by atoms with Gasteiger partial charge in [0.2, 0.25) is 5.91 Å². The maximum absolute atomic E-state index is 12.0. The molecule has 0 bridgehead atoms. The smallest absolute Gasteiger partial charge is 0.234 e. The largest absolute Gasteiger partial charge is 0.349 e. The van der Waals surface area contributed by atoms with E-state index in [9.17, 15) is 13.2 Å². The number of halogens is 1. The second kappa shape index (κ2) is 6.56. The van der Waals surface area contributed by atoms with Crippen molar-refractivity contribution in [1.29, 1.82) is 0 Å². The molecule has 0 aromatic heterocycles. The molecule has 1 fully saturated rings. The molecule has 122 valence electrons. The minimum absolute atomic E-state index is 0.00290. The number of benzene rings is 1. The molecular formula is C15H21ClN2O3S. The van der Waals surface area contributed by atoms with Gasteiger partial charge in [0.15, 0.2) is 9.84 Å². The van der Waals surface area contributed by atoms with E-state index in [4.69, 9.17) is 11.6 Å². The van der Waals surface area contributed by atoms with E-state index in [1.807, 2.05) is 19.1 Å². The van der Waals surface area contributed by atoms with Gasteiger partial charge in [0.1, 0.15) is 0 Å². The fraction of sp³-hybridized carbons (Fsp3) is 0.533. The van der Waals surface area contributed by atoms with Crippen LogP contribution >= 0.6 is 11.6 Å². The van der Waals surface area contributed by atoms with E-state index >= 15 is 0 Å². The van der Waals surface area contributed by atoms with Gasteiger partial charge in [-0.3, -0.25) is 4.79 Å². The lowest BCUT2D eigenvalue weighted by Gasteiger charge is -2.24. The molecular weight excluding hydrogens is 324 g/mol. The number of amides is 1. The van der Waals surface area contributed by atoms with Gasteiger partial charge in [-0.25, -0.2) is 8.42 Å². The van der Waals surface area contributed by atoms with Crippen LogP contribution in [-0.4, -0.2) is 37.9 Å². The molecule has 1 heterocycles. The van der Waals surface area contributed by atoms with Crippen molar-refractivity contribution in [3.8, 4) is 0 Å². The first-order valence-electron chi connectivity index (χ1n) is 7.19. The highest BCUT2D eigenvalue weighted by molar-refractivity contribution is 7.91. The fourth-order valence-corrected chi connectivity index (χ4v) is 4.82. The van der Waals surface area contributed by atoms with Crippen LogP contribution < -0.4 is 10.6 Å². The average Bonchev–Trinajstić information content (AvgIpc) is 2.70. The zero-order chi connectivity index (χ0) is 16.4. The molecule has 1 amide bonds. The molecule has 5 nitrogen and oxygen atoms in total. The van der Waals surface area contributed by atoms with Crippen LogP contribution in [0.1, 0.15) is 31.9 Å². The van der Waals surface area contributed by atoms with Gasteiger partial charge in [-0.1, -0.05) is 23.7 Å². The SMILES string of the molecule is C[C@H](NCC(=O)N[C@]1(C)CCS(=O)(=O)C1)c1ccc(Cl)cc1. The monoisotopic (exact) mass is 344 g/mol. The van der Waals surface area contributed by atoms with E-state index in [0.717, 1.165) is 5.56 Å². The molecule has 1 aliphatic rings. The molecule has 1 aromatic carbocycles. The minimum Gasteiger partial charge on any atom is -0.349 e. The highest BCUT2D eigenvalue weighted by atomic mass is 35.5. The maximum Gasteiger partial charge on any atom is 0.234 e. The van der Waals surface area contributed by atoms with Gasteiger partial charge in [0.05, 0.1) is 23.6 Å². The summed E-state index contributed by atoms with van der Waals surface area (Å²) in [5, 5.41) is 6.62. The Kier molecular flexibility index (Phi) is 5.14. The average molecular weight is 345 g/mol. The van der Waals surface area contributed by atoms with Crippen LogP contribution in [0.5, 0.6) is 0 Å². The molecule has 1 aromatic rings. The third-order valence-corrected chi connectivity index (χ3v) is 6.04. The van der Waals surface area contributed by atoms with Crippen LogP contribution in [-0.2, 0) is 14.6 Å². The van der Waals surface area contributed by atoms with Gasteiger partial charge in [-0.05, 0) is 38.0 Å². The molecule has 0 saturated carbocycles. The van der Waals surface area contributed by atoms with Crippen LogP contribution in [0.2, 0.25) is 5.02 Å². The van der Waals surface area contributed by atoms with Gasteiger partial charge < -0.3 is 10.6 Å². The number of rotatable bonds is 5. The van der Waals surface area contributed by atoms with Gasteiger partial charge in [-0.2, -0.15) is 0 Å². The number of hydrogen-bond donors (Lipinski definition) is 2. The fourth-order valence-electron chi connectivity index (χ4n) is 2.60. The first-order chi connectivity index (χ1) is 10.2. The summed E-state index contributed by atoms with van der Waals surface area (Å²) in [6.07, 6.45) is 0.466. The molecule has 0 spiro atoms. The molecule has 0 radical (unpaired) electrons. The summed E-state index contributed by atoms with van der Waals surface area (Å²) in [5.74, 6) is -0.0444. The standard InChI is InChI=1S/C15H21ClN2O3S/c1-11(12-3-5-13(16)6-4-12)17-9-14(19)18-15(2)7-8-22(20,21)10-15/h3-6,11,17H,7-10H2,1-2H3,(H,18,19)/t11-,15+/m0/s1. The molecule has 1 aliphatic heterocycles. The molecule has 7 heteroatoms. The van der Waals surface area contributed by atoms with E-state index in [0.29, 0.717) is 11.4 Å². The Morgan fingerprint density at radius 2 is 2.00 bits per heavy atom. The summed E-state index contributed by atoms with van der Waals surface area (Å²) in [5.41, 5.74) is 0.382. The predicted molar refractivity (Wildman–Crippen MR) is 87.7 cm³/mol. The van der Waals surface area contributed by atoms with Crippen molar-refractivity contribution in [2.45, 2.75) is 31.8 Å². The van der Waals surface area contributed by atoms with E-state index in [1.54, 1.807) is 19.1 Å². The van der Waals surface area contributed by atoms with E-state index < -0.39 is 15.4 Å². The van der Waals surface area contributed by atoms with E-state index in [1.165, 1.54) is 0 Å². The first kappa shape index (κ1) is 17.2. The van der Waals surface area contributed by atoms with E-state index in [-0.39, 0.29) is 30.0 Å². The number of nitrogens with one attached hydrogen (secondary N) is 2. The van der Waals surface area contributed by atoms with Crippen molar-refractivity contribution in [3.05, 3.63) is 34.9 Å². The predicted octanol–water partition coefficient (Wildman–Crippen LogP) is 1.68. The lowest BCUT2D eigenvalue weighted by Crippen LogP contribution is -2.49. The molecule has 2 atom stereocenters. The Balaban J connectivity index is 1.84. The van der Waals surface area contributed by atoms with Crippen LogP contribution in [0.25, 0.3) is 0 Å². The summed E-state index contributed by atoms with van der Waals surface area (Å²) in [6.45, 7) is 3.87. The Bertz CT molecular complexity index is 645. The summed E-state index contributed by atoms with van der Waals surface area (Å²) in [6, 6.07) is 7.42. The molecule has 2 N–H and O–H groups in total. The number of carbonyl (C=O) groups excluding carboxylic acids is 1.